The zero-order valence-corrected chi connectivity index (χ0v) is 15.5. The molecule has 0 saturated carbocycles. The van der Waals surface area contributed by atoms with Crippen LogP contribution in [0.3, 0.4) is 0 Å². The van der Waals surface area contributed by atoms with Crippen LogP contribution < -0.4 is 5.32 Å². The van der Waals surface area contributed by atoms with Crippen molar-refractivity contribution in [2.45, 2.75) is 6.92 Å². The fourth-order valence-corrected chi connectivity index (χ4v) is 4.67. The lowest BCUT2D eigenvalue weighted by Crippen LogP contribution is -2.07. The molecule has 0 atom stereocenters. The second kappa shape index (κ2) is 6.55. The Hall–Kier alpha value is -2.28. The minimum Gasteiger partial charge on any atom is -0.298 e. The Labute approximate surface area is 156 Å². The lowest BCUT2D eigenvalue weighted by Gasteiger charge is -1.97. The third-order valence-corrected chi connectivity index (χ3v) is 6.05. The fourth-order valence-electron chi connectivity index (χ4n) is 2.46. The van der Waals surface area contributed by atoms with Crippen LogP contribution >= 0.6 is 34.3 Å². The number of amides is 1. The second-order valence-corrected chi connectivity index (χ2v) is 7.97. The van der Waals surface area contributed by atoms with Crippen LogP contribution in [-0.2, 0) is 4.79 Å². The first-order chi connectivity index (χ1) is 12.1. The van der Waals surface area contributed by atoms with Gasteiger partial charge in [-0.25, -0.2) is 9.97 Å². The topological polar surface area (TPSA) is 54.9 Å². The molecule has 1 N–H and O–H groups in total. The average molecular weight is 386 g/mol. The van der Waals surface area contributed by atoms with Crippen molar-refractivity contribution in [2.24, 2.45) is 0 Å². The van der Waals surface area contributed by atoms with E-state index >= 15 is 0 Å². The van der Waals surface area contributed by atoms with E-state index in [1.807, 2.05) is 37.3 Å². The van der Waals surface area contributed by atoms with Crippen molar-refractivity contribution in [1.29, 1.82) is 0 Å². The maximum absolute atomic E-state index is 12.2. The Bertz CT molecular complexity index is 1130. The number of aryl methyl sites for hydroxylation is 1. The molecule has 0 spiro atoms. The van der Waals surface area contributed by atoms with Crippen LogP contribution in [0.15, 0.2) is 42.5 Å². The summed E-state index contributed by atoms with van der Waals surface area (Å²) in [5.41, 5.74) is 2.63. The van der Waals surface area contributed by atoms with Crippen molar-refractivity contribution in [3.63, 3.8) is 0 Å². The van der Waals surface area contributed by atoms with E-state index in [4.69, 9.17) is 11.6 Å². The SMILES string of the molecule is Cc1nc2ccc3nc(NC(=O)/C=C/c4ccccc4Cl)sc3c2s1. The minimum atomic E-state index is -0.240. The molecule has 1 amide bonds. The van der Waals surface area contributed by atoms with E-state index < -0.39 is 0 Å². The molecule has 0 aliphatic heterocycles. The van der Waals surface area contributed by atoms with Crippen LogP contribution in [0.5, 0.6) is 0 Å². The summed E-state index contributed by atoms with van der Waals surface area (Å²) in [5.74, 6) is -0.240. The maximum atomic E-state index is 12.2. The number of fused-ring (bicyclic) bond motifs is 3. The molecule has 0 aliphatic rings. The summed E-state index contributed by atoms with van der Waals surface area (Å²) in [4.78, 5) is 21.1. The van der Waals surface area contributed by atoms with Gasteiger partial charge in [-0.1, -0.05) is 41.1 Å². The minimum absolute atomic E-state index is 0.240. The highest BCUT2D eigenvalue weighted by molar-refractivity contribution is 7.28. The van der Waals surface area contributed by atoms with E-state index in [0.29, 0.717) is 10.2 Å². The quantitative estimate of drug-likeness (QED) is 0.472. The van der Waals surface area contributed by atoms with E-state index in [1.54, 1.807) is 23.5 Å². The number of carbonyl (C=O) groups excluding carboxylic acids is 1. The summed E-state index contributed by atoms with van der Waals surface area (Å²) in [6, 6.07) is 11.3. The molecular formula is C18H12ClN3OS2. The highest BCUT2D eigenvalue weighted by Crippen LogP contribution is 2.35. The summed E-state index contributed by atoms with van der Waals surface area (Å²) in [7, 11) is 0. The molecule has 4 nitrogen and oxygen atoms in total. The second-order valence-electron chi connectivity index (χ2n) is 5.36. The molecule has 4 rings (SSSR count). The monoisotopic (exact) mass is 385 g/mol. The van der Waals surface area contributed by atoms with Gasteiger partial charge in [0.25, 0.3) is 0 Å². The van der Waals surface area contributed by atoms with Crippen LogP contribution in [0.1, 0.15) is 10.6 Å². The third-order valence-electron chi connectivity index (χ3n) is 3.57. The number of anilines is 1. The van der Waals surface area contributed by atoms with Gasteiger partial charge in [0.15, 0.2) is 5.13 Å². The highest BCUT2D eigenvalue weighted by Gasteiger charge is 2.11. The maximum Gasteiger partial charge on any atom is 0.250 e. The number of thiazole rings is 2. The van der Waals surface area contributed by atoms with Gasteiger partial charge < -0.3 is 0 Å². The van der Waals surface area contributed by atoms with E-state index in [-0.39, 0.29) is 5.91 Å². The van der Waals surface area contributed by atoms with Gasteiger partial charge in [-0.05, 0) is 36.8 Å². The molecule has 2 heterocycles. The molecular weight excluding hydrogens is 374 g/mol. The molecule has 2 aromatic heterocycles. The third kappa shape index (κ3) is 3.28. The lowest BCUT2D eigenvalue weighted by molar-refractivity contribution is -0.111. The van der Waals surface area contributed by atoms with Crippen molar-refractivity contribution in [1.82, 2.24) is 9.97 Å². The Kier molecular flexibility index (Phi) is 4.25. The van der Waals surface area contributed by atoms with E-state index in [9.17, 15) is 4.79 Å². The number of hydrogen-bond donors (Lipinski definition) is 1. The van der Waals surface area contributed by atoms with Crippen molar-refractivity contribution < 1.29 is 4.79 Å². The summed E-state index contributed by atoms with van der Waals surface area (Å²) in [6.07, 6.45) is 3.15. The molecule has 25 heavy (non-hydrogen) atoms. The molecule has 4 aromatic rings. The molecule has 0 saturated heterocycles. The van der Waals surface area contributed by atoms with E-state index in [2.05, 4.69) is 15.3 Å². The average Bonchev–Trinajstić information content (AvgIpc) is 3.15. The van der Waals surface area contributed by atoms with Crippen molar-refractivity contribution in [2.75, 3.05) is 5.32 Å². The Balaban J connectivity index is 1.59. The molecule has 0 fully saturated rings. The number of nitrogens with one attached hydrogen (secondary N) is 1. The van der Waals surface area contributed by atoms with Crippen LogP contribution in [0.25, 0.3) is 26.5 Å². The predicted molar refractivity (Wildman–Crippen MR) is 107 cm³/mol. The molecule has 0 unspecified atom stereocenters. The van der Waals surface area contributed by atoms with Crippen LogP contribution in [0.4, 0.5) is 5.13 Å². The number of rotatable bonds is 3. The Morgan fingerprint density at radius 1 is 1.08 bits per heavy atom. The summed E-state index contributed by atoms with van der Waals surface area (Å²) in [5, 5.41) is 5.01. The van der Waals surface area contributed by atoms with Gasteiger partial charge in [0, 0.05) is 11.1 Å². The van der Waals surface area contributed by atoms with Crippen molar-refractivity contribution >= 4 is 71.8 Å². The van der Waals surface area contributed by atoms with Gasteiger partial charge in [0.05, 0.1) is 25.4 Å². The molecule has 0 radical (unpaired) electrons. The van der Waals surface area contributed by atoms with Gasteiger partial charge in [0.2, 0.25) is 5.91 Å². The summed E-state index contributed by atoms with van der Waals surface area (Å²) < 4.78 is 2.16. The molecule has 0 bridgehead atoms. The smallest absolute Gasteiger partial charge is 0.250 e. The Morgan fingerprint density at radius 3 is 2.60 bits per heavy atom. The number of hydrogen-bond acceptors (Lipinski definition) is 5. The highest BCUT2D eigenvalue weighted by atomic mass is 35.5. The largest absolute Gasteiger partial charge is 0.298 e. The number of carbonyl (C=O) groups is 1. The summed E-state index contributed by atoms with van der Waals surface area (Å²) in [6.45, 7) is 1.99. The number of nitrogens with zero attached hydrogens (tertiary/aromatic N) is 2. The van der Waals surface area contributed by atoms with Gasteiger partial charge >= 0.3 is 0 Å². The summed E-state index contributed by atoms with van der Waals surface area (Å²) >= 11 is 9.18. The lowest BCUT2D eigenvalue weighted by atomic mass is 10.2. The standard InChI is InChI=1S/C18H12ClN3OS2/c1-10-20-13-7-8-14-17(16(13)24-10)25-18(21-14)22-15(23)9-6-11-4-2-3-5-12(11)19/h2-9H,1H3,(H,21,22,23)/b9-6+. The number of benzene rings is 2. The van der Waals surface area contributed by atoms with Gasteiger partial charge in [0.1, 0.15) is 0 Å². The van der Waals surface area contributed by atoms with E-state index in [1.165, 1.54) is 17.4 Å². The number of aromatic nitrogens is 2. The van der Waals surface area contributed by atoms with Gasteiger partial charge in [-0.3, -0.25) is 10.1 Å². The zero-order valence-electron chi connectivity index (χ0n) is 13.1. The van der Waals surface area contributed by atoms with Gasteiger partial charge in [-0.15, -0.1) is 11.3 Å². The van der Waals surface area contributed by atoms with Crippen LogP contribution in [0.2, 0.25) is 5.02 Å². The van der Waals surface area contributed by atoms with Gasteiger partial charge in [-0.2, -0.15) is 0 Å². The molecule has 124 valence electrons. The van der Waals surface area contributed by atoms with Crippen LogP contribution in [-0.4, -0.2) is 15.9 Å². The molecule has 2 aromatic carbocycles. The van der Waals surface area contributed by atoms with Crippen molar-refractivity contribution in [3.05, 3.63) is 58.1 Å². The van der Waals surface area contributed by atoms with E-state index in [0.717, 1.165) is 31.0 Å². The predicted octanol–water partition coefficient (Wildman–Crippen LogP) is 5.52. The van der Waals surface area contributed by atoms with Crippen molar-refractivity contribution in [3.8, 4) is 0 Å². The molecule has 0 aliphatic carbocycles. The fraction of sp³-hybridized carbons (Fsp3) is 0.0556. The first-order valence-corrected chi connectivity index (χ1v) is 9.51. The first kappa shape index (κ1) is 16.2. The number of halogens is 1. The first-order valence-electron chi connectivity index (χ1n) is 7.50. The van der Waals surface area contributed by atoms with Crippen LogP contribution in [0, 0.1) is 6.92 Å². The molecule has 7 heteroatoms. The zero-order chi connectivity index (χ0) is 17.4. The Morgan fingerprint density at radius 2 is 1.80 bits per heavy atom. The normalized spacial score (nSPS) is 11.6.